The largest absolute Gasteiger partial charge is 0.347 e. The quantitative estimate of drug-likeness (QED) is 0.829. The minimum absolute atomic E-state index is 0.504. The molecule has 0 aliphatic carbocycles. The summed E-state index contributed by atoms with van der Waals surface area (Å²) < 4.78 is 7.11. The van der Waals surface area contributed by atoms with Crippen molar-refractivity contribution in [3.05, 3.63) is 24.1 Å². The van der Waals surface area contributed by atoms with E-state index in [1.165, 1.54) is 6.42 Å². The maximum Gasteiger partial charge on any atom is 0.246 e. The van der Waals surface area contributed by atoms with Crippen molar-refractivity contribution in [1.82, 2.24) is 19.7 Å². The van der Waals surface area contributed by atoms with Crippen LogP contribution in [0.4, 0.5) is 5.95 Å². The van der Waals surface area contributed by atoms with Gasteiger partial charge in [-0.15, -0.1) is 0 Å². The van der Waals surface area contributed by atoms with Crippen LogP contribution in [0.2, 0.25) is 0 Å². The van der Waals surface area contributed by atoms with Crippen LogP contribution >= 0.6 is 0 Å². The predicted molar refractivity (Wildman–Crippen MR) is 63.5 cm³/mol. The fourth-order valence-electron chi connectivity index (χ4n) is 1.55. The third kappa shape index (κ3) is 3.05. The molecule has 0 unspecified atom stereocenters. The highest BCUT2D eigenvalue weighted by molar-refractivity contribution is 5.25. The first-order valence-electron chi connectivity index (χ1n) is 5.83. The SMILES string of the molecule is CCCCn1ccnc1NCc1nc(C)no1. The molecule has 17 heavy (non-hydrogen) atoms. The Morgan fingerprint density at radius 2 is 2.35 bits per heavy atom. The summed E-state index contributed by atoms with van der Waals surface area (Å²) in [5.74, 6) is 2.07. The van der Waals surface area contributed by atoms with Gasteiger partial charge in [-0.1, -0.05) is 18.5 Å². The number of aryl methyl sites for hydroxylation is 2. The van der Waals surface area contributed by atoms with Crippen LogP contribution in [0, 0.1) is 6.92 Å². The monoisotopic (exact) mass is 235 g/mol. The molecule has 0 saturated heterocycles. The highest BCUT2D eigenvalue weighted by Crippen LogP contribution is 2.08. The van der Waals surface area contributed by atoms with Crippen LogP contribution in [0.1, 0.15) is 31.5 Å². The molecule has 1 N–H and O–H groups in total. The molecular formula is C11H17N5O. The second-order valence-corrected chi connectivity index (χ2v) is 3.89. The van der Waals surface area contributed by atoms with Gasteiger partial charge in [-0.25, -0.2) is 4.98 Å². The van der Waals surface area contributed by atoms with Crippen LogP contribution in [0.15, 0.2) is 16.9 Å². The van der Waals surface area contributed by atoms with Gasteiger partial charge < -0.3 is 14.4 Å². The van der Waals surface area contributed by atoms with Crippen molar-refractivity contribution in [2.45, 2.75) is 39.8 Å². The maximum atomic E-state index is 5.02. The normalized spacial score (nSPS) is 10.7. The minimum atomic E-state index is 0.504. The third-order valence-electron chi connectivity index (χ3n) is 2.44. The predicted octanol–water partition coefficient (Wildman–Crippen LogP) is 1.99. The number of anilines is 1. The molecule has 0 bridgehead atoms. The van der Waals surface area contributed by atoms with Crippen molar-refractivity contribution in [1.29, 1.82) is 0 Å². The van der Waals surface area contributed by atoms with Gasteiger partial charge in [0.25, 0.3) is 0 Å². The molecule has 92 valence electrons. The van der Waals surface area contributed by atoms with Crippen LogP contribution < -0.4 is 5.32 Å². The van der Waals surface area contributed by atoms with Gasteiger partial charge in [0.1, 0.15) is 0 Å². The van der Waals surface area contributed by atoms with Gasteiger partial charge in [-0.05, 0) is 13.3 Å². The van der Waals surface area contributed by atoms with Gasteiger partial charge in [0.2, 0.25) is 11.8 Å². The fourth-order valence-corrected chi connectivity index (χ4v) is 1.55. The Hall–Kier alpha value is -1.85. The van der Waals surface area contributed by atoms with Crippen LogP contribution in [0.5, 0.6) is 0 Å². The van der Waals surface area contributed by atoms with Crippen molar-refractivity contribution in [2.24, 2.45) is 0 Å². The van der Waals surface area contributed by atoms with Crippen LogP contribution in [-0.2, 0) is 13.1 Å². The number of nitrogens with zero attached hydrogens (tertiary/aromatic N) is 4. The molecule has 0 aliphatic rings. The standard InChI is InChI=1S/C11H17N5O/c1-3-4-6-16-7-5-12-11(16)13-8-10-14-9(2)15-17-10/h5,7H,3-4,6,8H2,1-2H3,(H,12,13). The van der Waals surface area contributed by atoms with Crippen LogP contribution in [0.3, 0.4) is 0 Å². The highest BCUT2D eigenvalue weighted by atomic mass is 16.5. The first-order valence-corrected chi connectivity index (χ1v) is 5.83. The Morgan fingerprint density at radius 1 is 1.47 bits per heavy atom. The van der Waals surface area contributed by atoms with Crippen molar-refractivity contribution < 1.29 is 4.52 Å². The highest BCUT2D eigenvalue weighted by Gasteiger charge is 2.05. The Labute approximate surface area is 100 Å². The molecule has 2 aromatic heterocycles. The minimum Gasteiger partial charge on any atom is -0.347 e. The molecule has 0 saturated carbocycles. The fraction of sp³-hybridized carbons (Fsp3) is 0.545. The molecule has 0 atom stereocenters. The second kappa shape index (κ2) is 5.47. The molecule has 0 amide bonds. The van der Waals surface area contributed by atoms with Gasteiger partial charge in [-0.3, -0.25) is 0 Å². The Morgan fingerprint density at radius 3 is 3.06 bits per heavy atom. The summed E-state index contributed by atoms with van der Waals surface area (Å²) in [7, 11) is 0. The van der Waals surface area contributed by atoms with Gasteiger partial charge >= 0.3 is 0 Å². The van der Waals surface area contributed by atoms with Crippen molar-refractivity contribution >= 4 is 5.95 Å². The molecule has 2 heterocycles. The molecule has 6 nitrogen and oxygen atoms in total. The Bertz CT molecular complexity index is 462. The summed E-state index contributed by atoms with van der Waals surface area (Å²) >= 11 is 0. The molecule has 0 aromatic carbocycles. The topological polar surface area (TPSA) is 68.8 Å². The molecule has 6 heteroatoms. The van der Waals surface area contributed by atoms with Crippen LogP contribution in [-0.4, -0.2) is 19.7 Å². The maximum absolute atomic E-state index is 5.02. The molecule has 0 radical (unpaired) electrons. The van der Waals surface area contributed by atoms with E-state index >= 15 is 0 Å². The average Bonchev–Trinajstić information content (AvgIpc) is 2.92. The van der Waals surface area contributed by atoms with E-state index in [9.17, 15) is 0 Å². The number of imidazole rings is 1. The summed E-state index contributed by atoms with van der Waals surface area (Å²) in [6.07, 6.45) is 6.07. The van der Waals surface area contributed by atoms with E-state index in [4.69, 9.17) is 4.52 Å². The zero-order chi connectivity index (χ0) is 12.1. The van der Waals surface area contributed by atoms with E-state index in [0.717, 1.165) is 18.9 Å². The van der Waals surface area contributed by atoms with E-state index in [-0.39, 0.29) is 0 Å². The van der Waals surface area contributed by atoms with Crippen molar-refractivity contribution in [3.63, 3.8) is 0 Å². The zero-order valence-electron chi connectivity index (χ0n) is 10.2. The summed E-state index contributed by atoms with van der Waals surface area (Å²) in [5, 5.41) is 6.92. The lowest BCUT2D eigenvalue weighted by Crippen LogP contribution is -2.07. The van der Waals surface area contributed by atoms with E-state index in [1.807, 2.05) is 6.20 Å². The van der Waals surface area contributed by atoms with E-state index in [1.54, 1.807) is 13.1 Å². The first kappa shape index (κ1) is 11.6. The van der Waals surface area contributed by atoms with Gasteiger partial charge in [-0.2, -0.15) is 4.98 Å². The molecule has 0 spiro atoms. The van der Waals surface area contributed by atoms with E-state index in [2.05, 4.69) is 31.9 Å². The average molecular weight is 235 g/mol. The third-order valence-corrected chi connectivity index (χ3v) is 2.44. The smallest absolute Gasteiger partial charge is 0.246 e. The van der Waals surface area contributed by atoms with Gasteiger partial charge in [0, 0.05) is 18.9 Å². The van der Waals surface area contributed by atoms with E-state index in [0.29, 0.717) is 18.3 Å². The summed E-state index contributed by atoms with van der Waals surface area (Å²) in [6, 6.07) is 0. The second-order valence-electron chi connectivity index (χ2n) is 3.89. The Balaban J connectivity index is 1.92. The summed E-state index contributed by atoms with van der Waals surface area (Å²) in [5.41, 5.74) is 0. The number of aromatic nitrogens is 4. The first-order chi connectivity index (χ1) is 8.29. The molecule has 2 aromatic rings. The number of rotatable bonds is 6. The number of nitrogens with one attached hydrogen (secondary N) is 1. The molecular weight excluding hydrogens is 218 g/mol. The lowest BCUT2D eigenvalue weighted by Gasteiger charge is -2.07. The Kier molecular flexibility index (Phi) is 3.74. The molecule has 2 rings (SSSR count). The lowest BCUT2D eigenvalue weighted by molar-refractivity contribution is 0.379. The lowest BCUT2D eigenvalue weighted by atomic mass is 10.3. The summed E-state index contributed by atoms with van der Waals surface area (Å²) in [6.45, 7) is 5.45. The summed E-state index contributed by atoms with van der Waals surface area (Å²) in [4.78, 5) is 8.38. The molecule has 0 fully saturated rings. The van der Waals surface area contributed by atoms with Gasteiger partial charge in [0.15, 0.2) is 5.82 Å². The number of hydrogen-bond donors (Lipinski definition) is 1. The van der Waals surface area contributed by atoms with E-state index < -0.39 is 0 Å². The molecule has 0 aliphatic heterocycles. The van der Waals surface area contributed by atoms with Crippen molar-refractivity contribution in [3.8, 4) is 0 Å². The number of unbranched alkanes of at least 4 members (excludes halogenated alkanes) is 1. The van der Waals surface area contributed by atoms with Crippen LogP contribution in [0.25, 0.3) is 0 Å². The zero-order valence-corrected chi connectivity index (χ0v) is 10.2. The van der Waals surface area contributed by atoms with Gasteiger partial charge in [0.05, 0.1) is 6.54 Å². The van der Waals surface area contributed by atoms with Crippen molar-refractivity contribution in [2.75, 3.05) is 5.32 Å². The number of hydrogen-bond acceptors (Lipinski definition) is 5.